The highest BCUT2D eigenvalue weighted by atomic mass is 32.2. The average molecular weight is 519 g/mol. The van der Waals surface area contributed by atoms with Crippen LogP contribution in [0.5, 0.6) is 0 Å². The minimum Gasteiger partial charge on any atom is -0.337 e. The Kier molecular flexibility index (Phi) is 7.14. The molecule has 2 unspecified atom stereocenters. The first-order valence-electron chi connectivity index (χ1n) is 12.1. The van der Waals surface area contributed by atoms with E-state index in [0.717, 1.165) is 24.0 Å². The van der Waals surface area contributed by atoms with Crippen molar-refractivity contribution in [2.45, 2.75) is 86.9 Å². The van der Waals surface area contributed by atoms with Gasteiger partial charge < -0.3 is 4.90 Å². The molecule has 2 heterocycles. The number of piperidine rings is 1. The van der Waals surface area contributed by atoms with Gasteiger partial charge in [0.05, 0.1) is 15.0 Å². The molecule has 1 N–H and O–H groups in total. The van der Waals surface area contributed by atoms with Crippen LogP contribution in [0.1, 0.15) is 54.4 Å². The Morgan fingerprint density at radius 3 is 2.00 bits per heavy atom. The lowest BCUT2D eigenvalue weighted by Gasteiger charge is -2.38. The first kappa shape index (κ1) is 25.9. The molecule has 7 nitrogen and oxygen atoms in total. The third-order valence-electron chi connectivity index (χ3n) is 7.69. The second-order valence-electron chi connectivity index (χ2n) is 9.87. The molecule has 2 aliphatic rings. The molecule has 2 aliphatic heterocycles. The summed E-state index contributed by atoms with van der Waals surface area (Å²) in [7, 11) is -7.21. The SMILES string of the molecule is Cc1cc(C)c(C)c(S(=O)(=O)NCCC(=O)N2C3CCC2CC(S(=O)(=O)c2ccccc2)C3)c1C. The molecule has 1 amide bonds. The highest BCUT2D eigenvalue weighted by Crippen LogP contribution is 2.40. The smallest absolute Gasteiger partial charge is 0.241 e. The van der Waals surface area contributed by atoms with E-state index in [1.807, 2.05) is 24.8 Å². The zero-order valence-corrected chi connectivity index (χ0v) is 22.4. The van der Waals surface area contributed by atoms with Gasteiger partial charge in [-0.25, -0.2) is 21.6 Å². The highest BCUT2D eigenvalue weighted by molar-refractivity contribution is 7.92. The molecule has 35 heavy (non-hydrogen) atoms. The number of fused-ring (bicyclic) bond motifs is 2. The molecule has 2 saturated heterocycles. The molecule has 2 fully saturated rings. The Bertz CT molecular complexity index is 1300. The number of amides is 1. The molecule has 0 saturated carbocycles. The van der Waals surface area contributed by atoms with Crippen molar-refractivity contribution >= 4 is 25.8 Å². The van der Waals surface area contributed by atoms with Crippen molar-refractivity contribution in [3.8, 4) is 0 Å². The summed E-state index contributed by atoms with van der Waals surface area (Å²) in [5.74, 6) is -0.121. The van der Waals surface area contributed by atoms with Crippen LogP contribution in [0.25, 0.3) is 0 Å². The lowest BCUT2D eigenvalue weighted by atomic mass is 10.0. The van der Waals surface area contributed by atoms with Crippen LogP contribution < -0.4 is 4.72 Å². The molecule has 9 heteroatoms. The summed E-state index contributed by atoms with van der Waals surface area (Å²) in [6.45, 7) is 7.39. The van der Waals surface area contributed by atoms with Gasteiger partial charge >= 0.3 is 0 Å². The van der Waals surface area contributed by atoms with Gasteiger partial charge in [-0.05, 0) is 87.8 Å². The monoisotopic (exact) mass is 518 g/mol. The molecule has 2 atom stereocenters. The van der Waals surface area contributed by atoms with Crippen molar-refractivity contribution in [3.05, 3.63) is 58.7 Å². The molecular formula is C26H34N2O5S2. The molecule has 0 aliphatic carbocycles. The Morgan fingerprint density at radius 2 is 1.46 bits per heavy atom. The Labute approximate surface area is 208 Å². The Balaban J connectivity index is 1.41. The summed E-state index contributed by atoms with van der Waals surface area (Å²) >= 11 is 0. The first-order valence-corrected chi connectivity index (χ1v) is 15.1. The van der Waals surface area contributed by atoms with Gasteiger partial charge in [-0.3, -0.25) is 4.79 Å². The van der Waals surface area contributed by atoms with E-state index in [9.17, 15) is 21.6 Å². The number of carbonyl (C=O) groups excluding carboxylic acids is 1. The lowest BCUT2D eigenvalue weighted by molar-refractivity contribution is -0.135. The predicted molar refractivity (Wildman–Crippen MR) is 136 cm³/mol. The van der Waals surface area contributed by atoms with E-state index in [2.05, 4.69) is 4.72 Å². The summed E-state index contributed by atoms with van der Waals surface area (Å²) in [5, 5.41) is -0.500. The van der Waals surface area contributed by atoms with Crippen LogP contribution in [0.15, 0.2) is 46.2 Å². The maximum Gasteiger partial charge on any atom is 0.241 e. The Hall–Kier alpha value is -2.23. The van der Waals surface area contributed by atoms with Gasteiger partial charge in [0.25, 0.3) is 0 Å². The number of aryl methyl sites for hydroxylation is 2. The lowest BCUT2D eigenvalue weighted by Crippen LogP contribution is -2.50. The molecule has 2 bridgehead atoms. The van der Waals surface area contributed by atoms with Gasteiger partial charge in [0.15, 0.2) is 9.84 Å². The largest absolute Gasteiger partial charge is 0.337 e. The number of benzene rings is 2. The number of sulfone groups is 1. The topological polar surface area (TPSA) is 101 Å². The summed E-state index contributed by atoms with van der Waals surface area (Å²) in [5.41, 5.74) is 3.25. The quantitative estimate of drug-likeness (QED) is 0.604. The number of sulfonamides is 1. The van der Waals surface area contributed by atoms with Crippen LogP contribution in [0, 0.1) is 27.7 Å². The number of hydrogen-bond donors (Lipinski definition) is 1. The molecule has 4 rings (SSSR count). The molecule has 2 aromatic rings. The number of nitrogens with zero attached hydrogens (tertiary/aromatic N) is 1. The summed E-state index contributed by atoms with van der Waals surface area (Å²) in [4.78, 5) is 15.5. The number of rotatable bonds is 7. The summed E-state index contributed by atoms with van der Waals surface area (Å²) in [6, 6.07) is 10.2. The standard InChI is InChI=1S/C26H34N2O5S2/c1-17-14-18(2)20(4)26(19(17)3)35(32,33)27-13-12-25(29)28-21-10-11-22(28)16-24(15-21)34(30,31)23-8-6-5-7-9-23/h5-9,14,21-22,24,27H,10-13,15-16H2,1-4H3. The maximum atomic E-state index is 13.1. The summed E-state index contributed by atoms with van der Waals surface area (Å²) in [6.07, 6.45) is 2.46. The van der Waals surface area contributed by atoms with E-state index < -0.39 is 25.1 Å². The molecule has 0 aromatic heterocycles. The van der Waals surface area contributed by atoms with Crippen molar-refractivity contribution in [2.24, 2.45) is 0 Å². The molecule has 0 radical (unpaired) electrons. The van der Waals surface area contributed by atoms with Crippen LogP contribution in [0.4, 0.5) is 0 Å². The predicted octanol–water partition coefficient (Wildman–Crippen LogP) is 3.58. The fraction of sp³-hybridized carbons (Fsp3) is 0.500. The second kappa shape index (κ2) is 9.67. The fourth-order valence-electron chi connectivity index (χ4n) is 5.67. The van der Waals surface area contributed by atoms with E-state index in [1.54, 1.807) is 44.2 Å². The van der Waals surface area contributed by atoms with Crippen LogP contribution in [-0.2, 0) is 24.7 Å². The second-order valence-corrected chi connectivity index (χ2v) is 13.8. The van der Waals surface area contributed by atoms with E-state index in [-0.39, 0.29) is 35.9 Å². The van der Waals surface area contributed by atoms with E-state index in [4.69, 9.17) is 0 Å². The van der Waals surface area contributed by atoms with Gasteiger partial charge in [0.1, 0.15) is 0 Å². The average Bonchev–Trinajstić information content (AvgIpc) is 3.07. The third-order valence-corrected chi connectivity index (χ3v) is 11.6. The zero-order chi connectivity index (χ0) is 25.5. The van der Waals surface area contributed by atoms with Crippen molar-refractivity contribution in [1.82, 2.24) is 9.62 Å². The third kappa shape index (κ3) is 4.90. The van der Waals surface area contributed by atoms with Crippen molar-refractivity contribution in [1.29, 1.82) is 0 Å². The number of hydrogen-bond acceptors (Lipinski definition) is 5. The van der Waals surface area contributed by atoms with E-state index >= 15 is 0 Å². The Morgan fingerprint density at radius 1 is 0.914 bits per heavy atom. The van der Waals surface area contributed by atoms with Crippen LogP contribution in [0.2, 0.25) is 0 Å². The van der Waals surface area contributed by atoms with E-state index in [0.29, 0.717) is 28.9 Å². The fourth-order valence-corrected chi connectivity index (χ4v) is 9.18. The van der Waals surface area contributed by atoms with Crippen LogP contribution >= 0.6 is 0 Å². The molecular weight excluding hydrogens is 484 g/mol. The summed E-state index contributed by atoms with van der Waals surface area (Å²) < 4.78 is 55.0. The normalized spacial score (nSPS) is 22.4. The maximum absolute atomic E-state index is 13.1. The minimum absolute atomic E-state index is 0.00865. The first-order chi connectivity index (χ1) is 16.4. The number of carbonyl (C=O) groups is 1. The highest BCUT2D eigenvalue weighted by Gasteiger charge is 2.46. The minimum atomic E-state index is -3.76. The number of nitrogens with one attached hydrogen (secondary N) is 1. The van der Waals surface area contributed by atoms with Gasteiger partial charge in [-0.15, -0.1) is 0 Å². The van der Waals surface area contributed by atoms with Gasteiger partial charge in [-0.1, -0.05) is 24.3 Å². The van der Waals surface area contributed by atoms with Gasteiger partial charge in [0, 0.05) is 25.0 Å². The van der Waals surface area contributed by atoms with Crippen molar-refractivity contribution in [2.75, 3.05) is 6.54 Å². The van der Waals surface area contributed by atoms with Crippen LogP contribution in [-0.4, -0.2) is 51.5 Å². The van der Waals surface area contributed by atoms with Gasteiger partial charge in [0.2, 0.25) is 15.9 Å². The zero-order valence-electron chi connectivity index (χ0n) is 20.7. The van der Waals surface area contributed by atoms with Crippen LogP contribution in [0.3, 0.4) is 0 Å². The van der Waals surface area contributed by atoms with Crippen molar-refractivity contribution in [3.63, 3.8) is 0 Å². The van der Waals surface area contributed by atoms with E-state index in [1.165, 1.54) is 0 Å². The van der Waals surface area contributed by atoms with Crippen molar-refractivity contribution < 1.29 is 21.6 Å². The molecule has 0 spiro atoms. The molecule has 190 valence electrons. The molecule has 2 aromatic carbocycles. The van der Waals surface area contributed by atoms with Gasteiger partial charge in [-0.2, -0.15) is 0 Å².